The molecule has 5 nitrogen and oxygen atoms in total. The van der Waals surface area contributed by atoms with Crippen LogP contribution in [0.3, 0.4) is 0 Å². The van der Waals surface area contributed by atoms with Gasteiger partial charge in [-0.3, -0.25) is 9.89 Å². The average Bonchev–Trinajstić information content (AvgIpc) is 3.20. The standard InChI is InChI=1S/C18H19F2N3O2/c19-10-5-6-14(20)13(7-10)16-8-11(24)9-23(16)18(25)17-12-3-1-2-4-15(12)21-22-17/h5-7,11,16,24H,1-4,8-9H2,(H,21,22)/t11-,16-/m0/s1. The van der Waals surface area contributed by atoms with Gasteiger partial charge in [0.2, 0.25) is 0 Å². The van der Waals surface area contributed by atoms with Gasteiger partial charge in [-0.25, -0.2) is 8.78 Å². The molecular weight excluding hydrogens is 328 g/mol. The summed E-state index contributed by atoms with van der Waals surface area (Å²) >= 11 is 0. The number of aromatic nitrogens is 2. The Hall–Kier alpha value is -2.28. The largest absolute Gasteiger partial charge is 0.391 e. The Balaban J connectivity index is 1.69. The summed E-state index contributed by atoms with van der Waals surface area (Å²) in [5, 5.41) is 17.1. The number of aliphatic hydroxyl groups excluding tert-OH is 1. The number of halogens is 2. The Morgan fingerprint density at radius 2 is 2.08 bits per heavy atom. The average molecular weight is 347 g/mol. The molecule has 0 bridgehead atoms. The van der Waals surface area contributed by atoms with Crippen molar-refractivity contribution in [2.75, 3.05) is 6.54 Å². The molecule has 2 aromatic rings. The molecule has 1 fully saturated rings. The van der Waals surface area contributed by atoms with Crippen molar-refractivity contribution < 1.29 is 18.7 Å². The molecule has 0 unspecified atom stereocenters. The second-order valence-corrected chi connectivity index (χ2v) is 6.77. The van der Waals surface area contributed by atoms with Crippen molar-refractivity contribution in [2.45, 2.75) is 44.2 Å². The van der Waals surface area contributed by atoms with Crippen molar-refractivity contribution in [2.24, 2.45) is 0 Å². The van der Waals surface area contributed by atoms with Crippen LogP contribution >= 0.6 is 0 Å². The molecular formula is C18H19F2N3O2. The number of aryl methyl sites for hydroxylation is 1. The van der Waals surface area contributed by atoms with Gasteiger partial charge in [-0.05, 0) is 50.3 Å². The summed E-state index contributed by atoms with van der Waals surface area (Å²) in [5.41, 5.74) is 2.32. The molecule has 0 radical (unpaired) electrons. The van der Waals surface area contributed by atoms with Gasteiger partial charge in [-0.2, -0.15) is 5.10 Å². The summed E-state index contributed by atoms with van der Waals surface area (Å²) in [7, 11) is 0. The van der Waals surface area contributed by atoms with Crippen molar-refractivity contribution in [3.05, 3.63) is 52.3 Å². The molecule has 1 aromatic heterocycles. The van der Waals surface area contributed by atoms with Gasteiger partial charge in [0.1, 0.15) is 11.6 Å². The Kier molecular flexibility index (Phi) is 4.03. The molecule has 1 amide bonds. The quantitative estimate of drug-likeness (QED) is 0.877. The lowest BCUT2D eigenvalue weighted by Crippen LogP contribution is -2.33. The fraction of sp³-hybridized carbons (Fsp3) is 0.444. The number of benzene rings is 1. The lowest BCUT2D eigenvalue weighted by Gasteiger charge is -2.25. The third kappa shape index (κ3) is 2.82. The van der Waals surface area contributed by atoms with E-state index in [4.69, 9.17) is 0 Å². The topological polar surface area (TPSA) is 69.2 Å². The van der Waals surface area contributed by atoms with Crippen LogP contribution in [-0.2, 0) is 12.8 Å². The van der Waals surface area contributed by atoms with Gasteiger partial charge in [-0.1, -0.05) is 0 Å². The highest BCUT2D eigenvalue weighted by Crippen LogP contribution is 2.36. The SMILES string of the molecule is O=C(c1n[nH]c2c1CCCC2)N1C[C@@H](O)C[C@H]1c1cc(F)ccc1F. The molecule has 2 N–H and O–H groups in total. The predicted molar refractivity (Wildman–Crippen MR) is 86.0 cm³/mol. The van der Waals surface area contributed by atoms with Crippen LogP contribution in [0.2, 0.25) is 0 Å². The maximum atomic E-state index is 14.2. The second kappa shape index (κ2) is 6.22. The predicted octanol–water partition coefficient (Wildman–Crippen LogP) is 2.51. The number of nitrogens with one attached hydrogen (secondary N) is 1. The molecule has 1 aromatic carbocycles. The molecule has 2 heterocycles. The van der Waals surface area contributed by atoms with E-state index in [1.54, 1.807) is 0 Å². The van der Waals surface area contributed by atoms with E-state index in [2.05, 4.69) is 10.2 Å². The Labute approximate surface area is 143 Å². The number of rotatable bonds is 2. The summed E-state index contributed by atoms with van der Waals surface area (Å²) in [6.07, 6.45) is 3.10. The number of likely N-dealkylation sites (tertiary alicyclic amines) is 1. The maximum absolute atomic E-state index is 14.2. The summed E-state index contributed by atoms with van der Waals surface area (Å²) in [6.45, 7) is 0.0844. The highest BCUT2D eigenvalue weighted by Gasteiger charge is 2.39. The Bertz CT molecular complexity index is 821. The number of aromatic amines is 1. The number of fused-ring (bicyclic) bond motifs is 1. The van der Waals surface area contributed by atoms with Crippen molar-refractivity contribution in [1.82, 2.24) is 15.1 Å². The first-order chi connectivity index (χ1) is 12.0. The lowest BCUT2D eigenvalue weighted by atomic mass is 9.95. The van der Waals surface area contributed by atoms with Gasteiger partial charge in [0.15, 0.2) is 5.69 Å². The van der Waals surface area contributed by atoms with E-state index in [1.807, 2.05) is 0 Å². The van der Waals surface area contributed by atoms with Crippen molar-refractivity contribution in [3.63, 3.8) is 0 Å². The van der Waals surface area contributed by atoms with E-state index in [0.29, 0.717) is 5.69 Å². The molecule has 1 aliphatic heterocycles. The van der Waals surface area contributed by atoms with E-state index >= 15 is 0 Å². The van der Waals surface area contributed by atoms with E-state index in [0.717, 1.165) is 55.1 Å². The number of hydrogen-bond donors (Lipinski definition) is 2. The summed E-state index contributed by atoms with van der Waals surface area (Å²) in [6, 6.07) is 2.49. The van der Waals surface area contributed by atoms with Crippen LogP contribution in [0.1, 0.15) is 52.6 Å². The number of carbonyl (C=O) groups excluding carboxylic acids is 1. The molecule has 1 saturated heterocycles. The first kappa shape index (κ1) is 16.2. The van der Waals surface area contributed by atoms with Gasteiger partial charge >= 0.3 is 0 Å². The van der Waals surface area contributed by atoms with Gasteiger partial charge < -0.3 is 10.0 Å². The van der Waals surface area contributed by atoms with Crippen LogP contribution < -0.4 is 0 Å². The minimum Gasteiger partial charge on any atom is -0.391 e. The zero-order valence-electron chi connectivity index (χ0n) is 13.6. The van der Waals surface area contributed by atoms with E-state index in [-0.39, 0.29) is 24.4 Å². The fourth-order valence-electron chi connectivity index (χ4n) is 3.90. The van der Waals surface area contributed by atoms with Crippen LogP contribution in [0.5, 0.6) is 0 Å². The second-order valence-electron chi connectivity index (χ2n) is 6.77. The van der Waals surface area contributed by atoms with Gasteiger partial charge in [0.05, 0.1) is 12.1 Å². The third-order valence-corrected chi connectivity index (χ3v) is 5.12. The highest BCUT2D eigenvalue weighted by molar-refractivity contribution is 5.94. The Morgan fingerprint density at radius 1 is 1.28 bits per heavy atom. The van der Waals surface area contributed by atoms with Gasteiger partial charge in [0, 0.05) is 23.4 Å². The fourth-order valence-corrected chi connectivity index (χ4v) is 3.90. The Morgan fingerprint density at radius 3 is 2.92 bits per heavy atom. The summed E-state index contributed by atoms with van der Waals surface area (Å²) in [5.74, 6) is -1.49. The highest BCUT2D eigenvalue weighted by atomic mass is 19.1. The number of H-pyrrole nitrogens is 1. The van der Waals surface area contributed by atoms with E-state index < -0.39 is 23.8 Å². The number of aliphatic hydroxyl groups is 1. The first-order valence-corrected chi connectivity index (χ1v) is 8.54. The molecule has 132 valence electrons. The zero-order valence-corrected chi connectivity index (χ0v) is 13.6. The molecule has 7 heteroatoms. The molecule has 25 heavy (non-hydrogen) atoms. The number of β-amino-alcohol motifs (C(OH)–C–C–N with tert-alkyl or cyclic N) is 1. The van der Waals surface area contributed by atoms with Gasteiger partial charge in [0.25, 0.3) is 5.91 Å². The van der Waals surface area contributed by atoms with Crippen molar-refractivity contribution in [3.8, 4) is 0 Å². The van der Waals surface area contributed by atoms with Crippen LogP contribution in [0.4, 0.5) is 8.78 Å². The third-order valence-electron chi connectivity index (χ3n) is 5.12. The lowest BCUT2D eigenvalue weighted by molar-refractivity contribution is 0.0706. The minimum absolute atomic E-state index is 0.0844. The van der Waals surface area contributed by atoms with Crippen molar-refractivity contribution in [1.29, 1.82) is 0 Å². The zero-order chi connectivity index (χ0) is 17.6. The van der Waals surface area contributed by atoms with E-state index in [9.17, 15) is 18.7 Å². The molecule has 2 atom stereocenters. The number of amides is 1. The molecule has 0 saturated carbocycles. The molecule has 1 aliphatic carbocycles. The first-order valence-electron chi connectivity index (χ1n) is 8.54. The molecule has 4 rings (SSSR count). The van der Waals surface area contributed by atoms with Crippen LogP contribution in [0.25, 0.3) is 0 Å². The van der Waals surface area contributed by atoms with Gasteiger partial charge in [-0.15, -0.1) is 0 Å². The number of nitrogens with zero attached hydrogens (tertiary/aromatic N) is 2. The van der Waals surface area contributed by atoms with E-state index in [1.165, 1.54) is 4.90 Å². The molecule has 2 aliphatic rings. The summed E-state index contributed by atoms with van der Waals surface area (Å²) in [4.78, 5) is 14.4. The number of carbonyl (C=O) groups is 1. The minimum atomic E-state index is -0.772. The number of hydrogen-bond acceptors (Lipinski definition) is 3. The van der Waals surface area contributed by atoms with Crippen LogP contribution in [0, 0.1) is 11.6 Å². The normalized spacial score (nSPS) is 22.9. The monoisotopic (exact) mass is 347 g/mol. The van der Waals surface area contributed by atoms with Crippen molar-refractivity contribution >= 4 is 5.91 Å². The molecule has 0 spiro atoms. The maximum Gasteiger partial charge on any atom is 0.275 e. The van der Waals surface area contributed by atoms with Crippen LogP contribution in [0.15, 0.2) is 18.2 Å². The summed E-state index contributed by atoms with van der Waals surface area (Å²) < 4.78 is 27.8. The van der Waals surface area contributed by atoms with Crippen LogP contribution in [-0.4, -0.2) is 38.8 Å². The smallest absolute Gasteiger partial charge is 0.275 e.